The molecule has 1 aromatic heterocycles. The molecular formula is C21H27FN4O2. The summed E-state index contributed by atoms with van der Waals surface area (Å²) in [4.78, 5) is 19.7. The lowest BCUT2D eigenvalue weighted by Gasteiger charge is -2.27. The van der Waals surface area contributed by atoms with E-state index in [4.69, 9.17) is 0 Å². The van der Waals surface area contributed by atoms with Gasteiger partial charge in [-0.1, -0.05) is 12.1 Å². The Labute approximate surface area is 165 Å². The Balaban J connectivity index is 1.76. The Morgan fingerprint density at radius 3 is 2.68 bits per heavy atom. The van der Waals surface area contributed by atoms with Crippen molar-refractivity contribution in [3.05, 3.63) is 63.6 Å². The van der Waals surface area contributed by atoms with Gasteiger partial charge in [-0.25, -0.2) is 9.37 Å². The topological polar surface area (TPSA) is 62.5 Å². The largest absolute Gasteiger partial charge is 0.354 e. The molecule has 0 N–H and O–H groups in total. The van der Waals surface area contributed by atoms with Crippen molar-refractivity contribution in [1.82, 2.24) is 9.88 Å². The van der Waals surface area contributed by atoms with Crippen LogP contribution >= 0.6 is 0 Å². The molecule has 150 valence electrons. The summed E-state index contributed by atoms with van der Waals surface area (Å²) in [6, 6.07) is 8.67. The van der Waals surface area contributed by atoms with Crippen LogP contribution in [-0.2, 0) is 13.1 Å². The van der Waals surface area contributed by atoms with Crippen molar-refractivity contribution >= 4 is 11.5 Å². The Morgan fingerprint density at radius 1 is 1.32 bits per heavy atom. The molecule has 0 unspecified atom stereocenters. The van der Waals surface area contributed by atoms with Crippen molar-refractivity contribution in [1.29, 1.82) is 0 Å². The number of nitro benzene ring substituents is 1. The Bertz CT molecular complexity index is 826. The van der Waals surface area contributed by atoms with Gasteiger partial charge in [0, 0.05) is 44.0 Å². The summed E-state index contributed by atoms with van der Waals surface area (Å²) < 4.78 is 14.3. The van der Waals surface area contributed by atoms with Gasteiger partial charge in [0.25, 0.3) is 5.69 Å². The molecule has 0 aliphatic carbocycles. The lowest BCUT2D eigenvalue weighted by molar-refractivity contribution is -0.386. The normalized spacial score (nSPS) is 16.9. The zero-order valence-corrected chi connectivity index (χ0v) is 16.6. The molecule has 28 heavy (non-hydrogen) atoms. The van der Waals surface area contributed by atoms with E-state index in [1.807, 2.05) is 37.1 Å². The molecule has 0 spiro atoms. The Kier molecular flexibility index (Phi) is 6.24. The van der Waals surface area contributed by atoms with Crippen LogP contribution in [0.1, 0.15) is 44.7 Å². The van der Waals surface area contributed by atoms with Crippen molar-refractivity contribution in [2.45, 2.75) is 58.8 Å². The van der Waals surface area contributed by atoms with E-state index in [1.165, 1.54) is 31.0 Å². The maximum Gasteiger partial charge on any atom is 0.276 e. The highest BCUT2D eigenvalue weighted by molar-refractivity contribution is 5.42. The van der Waals surface area contributed by atoms with Gasteiger partial charge in [-0.15, -0.1) is 0 Å². The molecule has 3 rings (SSSR count). The molecule has 0 radical (unpaired) electrons. The lowest BCUT2D eigenvalue weighted by Crippen LogP contribution is -2.31. The van der Waals surface area contributed by atoms with Crippen LogP contribution in [0.15, 0.2) is 36.5 Å². The molecule has 1 fully saturated rings. The molecule has 0 bridgehead atoms. The number of benzene rings is 1. The number of hydrogen-bond donors (Lipinski definition) is 0. The van der Waals surface area contributed by atoms with Gasteiger partial charge < -0.3 is 4.90 Å². The second-order valence-electron chi connectivity index (χ2n) is 7.70. The molecule has 1 aliphatic heterocycles. The minimum Gasteiger partial charge on any atom is -0.354 e. The van der Waals surface area contributed by atoms with Crippen LogP contribution in [-0.4, -0.2) is 33.4 Å². The number of aromatic nitrogens is 1. The summed E-state index contributed by atoms with van der Waals surface area (Å²) in [6.45, 7) is 7.96. The van der Waals surface area contributed by atoms with Crippen molar-refractivity contribution in [3.8, 4) is 0 Å². The monoisotopic (exact) mass is 386 g/mol. The average Bonchev–Trinajstić information content (AvgIpc) is 3.08. The standard InChI is InChI=1S/C21H27FN4O2/c1-15(2)24(14-18-19(22)7-4-8-20(18)26(27)28)13-17-9-10-21(23-12-17)25-11-5-6-16(25)3/h4,7-10,12,15-16H,5-6,11,13-14H2,1-3H3/t16-/m1/s1. The lowest BCUT2D eigenvalue weighted by atomic mass is 10.1. The van der Waals surface area contributed by atoms with Crippen LogP contribution in [0.5, 0.6) is 0 Å². The summed E-state index contributed by atoms with van der Waals surface area (Å²) in [5.74, 6) is 0.436. The number of nitrogens with zero attached hydrogens (tertiary/aromatic N) is 4. The number of halogens is 1. The number of anilines is 1. The summed E-state index contributed by atoms with van der Waals surface area (Å²) in [7, 11) is 0. The van der Waals surface area contributed by atoms with Gasteiger partial charge in [0.15, 0.2) is 0 Å². The van der Waals surface area contributed by atoms with E-state index in [1.54, 1.807) is 0 Å². The molecule has 1 aromatic carbocycles. The van der Waals surface area contributed by atoms with Gasteiger partial charge in [-0.2, -0.15) is 0 Å². The van der Waals surface area contributed by atoms with Gasteiger partial charge in [0.05, 0.1) is 10.5 Å². The highest BCUT2D eigenvalue weighted by atomic mass is 19.1. The van der Waals surface area contributed by atoms with E-state index < -0.39 is 10.7 Å². The quantitative estimate of drug-likeness (QED) is 0.517. The second kappa shape index (κ2) is 8.65. The van der Waals surface area contributed by atoms with Gasteiger partial charge in [0.1, 0.15) is 11.6 Å². The maximum atomic E-state index is 14.3. The fourth-order valence-corrected chi connectivity index (χ4v) is 3.69. The molecule has 2 aromatic rings. The van der Waals surface area contributed by atoms with Gasteiger partial charge >= 0.3 is 0 Å². The fourth-order valence-electron chi connectivity index (χ4n) is 3.69. The van der Waals surface area contributed by atoms with Gasteiger partial charge in [-0.3, -0.25) is 15.0 Å². The van der Waals surface area contributed by atoms with E-state index >= 15 is 0 Å². The van der Waals surface area contributed by atoms with Crippen molar-refractivity contribution < 1.29 is 9.31 Å². The summed E-state index contributed by atoms with van der Waals surface area (Å²) in [5.41, 5.74) is 0.946. The predicted molar refractivity (Wildman–Crippen MR) is 108 cm³/mol. The Morgan fingerprint density at radius 2 is 2.11 bits per heavy atom. The summed E-state index contributed by atoms with van der Waals surface area (Å²) in [5, 5.41) is 11.3. The van der Waals surface area contributed by atoms with Gasteiger partial charge in [0.2, 0.25) is 0 Å². The van der Waals surface area contributed by atoms with E-state index in [0.29, 0.717) is 12.6 Å². The molecule has 1 atom stereocenters. The average molecular weight is 386 g/mol. The SMILES string of the molecule is CC(C)N(Cc1ccc(N2CCC[C@H]2C)nc1)Cc1c(F)cccc1[N+](=O)[O-]. The molecule has 6 nitrogen and oxygen atoms in total. The van der Waals surface area contributed by atoms with Crippen molar-refractivity contribution in [2.75, 3.05) is 11.4 Å². The summed E-state index contributed by atoms with van der Waals surface area (Å²) >= 11 is 0. The molecule has 1 aliphatic rings. The first-order valence-electron chi connectivity index (χ1n) is 9.74. The van der Waals surface area contributed by atoms with Crippen LogP contribution in [0.2, 0.25) is 0 Å². The molecule has 0 amide bonds. The maximum absolute atomic E-state index is 14.3. The third-order valence-corrected chi connectivity index (χ3v) is 5.42. The highest BCUT2D eigenvalue weighted by Crippen LogP contribution is 2.26. The number of pyridine rings is 1. The predicted octanol–water partition coefficient (Wildman–Crippen LogP) is 4.53. The number of nitro groups is 1. The zero-order valence-electron chi connectivity index (χ0n) is 16.6. The highest BCUT2D eigenvalue weighted by Gasteiger charge is 2.23. The van der Waals surface area contributed by atoms with E-state index in [9.17, 15) is 14.5 Å². The van der Waals surface area contributed by atoms with E-state index in [2.05, 4.69) is 16.8 Å². The van der Waals surface area contributed by atoms with Crippen LogP contribution < -0.4 is 4.90 Å². The minimum absolute atomic E-state index is 0.0949. The first-order valence-corrected chi connectivity index (χ1v) is 9.74. The number of rotatable bonds is 7. The third kappa shape index (κ3) is 4.47. The van der Waals surface area contributed by atoms with E-state index in [-0.39, 0.29) is 23.8 Å². The third-order valence-electron chi connectivity index (χ3n) is 5.42. The molecule has 2 heterocycles. The Hall–Kier alpha value is -2.54. The molecule has 1 saturated heterocycles. The van der Waals surface area contributed by atoms with Crippen LogP contribution in [0.25, 0.3) is 0 Å². The summed E-state index contributed by atoms with van der Waals surface area (Å²) in [6.07, 6.45) is 4.23. The van der Waals surface area contributed by atoms with Crippen LogP contribution in [0.4, 0.5) is 15.9 Å². The van der Waals surface area contributed by atoms with Crippen LogP contribution in [0, 0.1) is 15.9 Å². The molecular weight excluding hydrogens is 359 g/mol. The van der Waals surface area contributed by atoms with Crippen molar-refractivity contribution in [3.63, 3.8) is 0 Å². The molecule has 7 heteroatoms. The second-order valence-corrected chi connectivity index (χ2v) is 7.70. The van der Waals surface area contributed by atoms with E-state index in [0.717, 1.165) is 17.9 Å². The van der Waals surface area contributed by atoms with Crippen molar-refractivity contribution in [2.24, 2.45) is 0 Å². The minimum atomic E-state index is -0.545. The smallest absolute Gasteiger partial charge is 0.276 e. The fraction of sp³-hybridized carbons (Fsp3) is 0.476. The first kappa shape index (κ1) is 20.2. The first-order chi connectivity index (χ1) is 13.4. The molecule has 0 saturated carbocycles. The van der Waals surface area contributed by atoms with Gasteiger partial charge in [-0.05, 0) is 51.3 Å². The zero-order chi connectivity index (χ0) is 20.3. The van der Waals surface area contributed by atoms with Crippen LogP contribution in [0.3, 0.4) is 0 Å². The number of hydrogen-bond acceptors (Lipinski definition) is 5.